The number of amides is 2. The third kappa shape index (κ3) is 3.02. The first kappa shape index (κ1) is 13.2. The summed E-state index contributed by atoms with van der Waals surface area (Å²) in [5.74, 6) is -0.155. The summed E-state index contributed by atoms with van der Waals surface area (Å²) in [6, 6.07) is 16.3. The molecule has 1 heterocycles. The zero-order chi connectivity index (χ0) is 14.7. The summed E-state index contributed by atoms with van der Waals surface area (Å²) in [6.07, 6.45) is -0.669. The monoisotopic (exact) mass is 282 g/mol. The molecule has 3 rings (SSSR count). The number of carbonyl (C=O) groups excluding carboxylic acids is 2. The van der Waals surface area contributed by atoms with Crippen LogP contribution < -0.4 is 10.6 Å². The van der Waals surface area contributed by atoms with E-state index in [0.29, 0.717) is 17.8 Å². The van der Waals surface area contributed by atoms with Gasteiger partial charge in [0.25, 0.3) is 5.91 Å². The van der Waals surface area contributed by atoms with Crippen molar-refractivity contribution in [3.63, 3.8) is 0 Å². The van der Waals surface area contributed by atoms with Gasteiger partial charge in [-0.05, 0) is 29.8 Å². The maximum absolute atomic E-state index is 12.0. The van der Waals surface area contributed by atoms with E-state index in [1.165, 1.54) is 0 Å². The van der Waals surface area contributed by atoms with Gasteiger partial charge in [-0.3, -0.25) is 4.79 Å². The number of alkyl carbamates (subject to hydrolysis) is 1. The van der Waals surface area contributed by atoms with Crippen LogP contribution in [0.2, 0.25) is 0 Å². The van der Waals surface area contributed by atoms with Crippen molar-refractivity contribution in [2.24, 2.45) is 0 Å². The fourth-order valence-corrected chi connectivity index (χ4v) is 2.15. The van der Waals surface area contributed by atoms with Gasteiger partial charge in [-0.15, -0.1) is 0 Å². The fourth-order valence-electron chi connectivity index (χ4n) is 2.15. The largest absolute Gasteiger partial charge is 0.439 e. The smallest absolute Gasteiger partial charge is 0.407 e. The second-order valence-electron chi connectivity index (χ2n) is 4.72. The Hall–Kier alpha value is -2.82. The number of carbonyl (C=O) groups is 2. The Labute approximate surface area is 121 Å². The third-order valence-electron chi connectivity index (χ3n) is 3.26. The van der Waals surface area contributed by atoms with E-state index in [0.717, 1.165) is 5.56 Å². The van der Waals surface area contributed by atoms with Crippen molar-refractivity contribution in [1.82, 2.24) is 5.32 Å². The number of benzene rings is 2. The molecule has 0 aliphatic carbocycles. The quantitative estimate of drug-likeness (QED) is 0.909. The number of rotatable bonds is 3. The van der Waals surface area contributed by atoms with Gasteiger partial charge in [-0.1, -0.05) is 30.3 Å². The van der Waals surface area contributed by atoms with Crippen molar-refractivity contribution < 1.29 is 14.3 Å². The van der Waals surface area contributed by atoms with Gasteiger partial charge in [0.05, 0.1) is 6.54 Å². The van der Waals surface area contributed by atoms with Gasteiger partial charge in [0.2, 0.25) is 0 Å². The highest BCUT2D eigenvalue weighted by atomic mass is 16.6. The molecule has 1 aliphatic rings. The molecule has 0 saturated carbocycles. The van der Waals surface area contributed by atoms with E-state index in [1.54, 1.807) is 24.3 Å². The van der Waals surface area contributed by atoms with E-state index < -0.39 is 6.09 Å². The van der Waals surface area contributed by atoms with Gasteiger partial charge in [0.15, 0.2) is 0 Å². The Morgan fingerprint density at radius 2 is 1.81 bits per heavy atom. The normalized spacial score (nSPS) is 17.0. The van der Waals surface area contributed by atoms with Gasteiger partial charge >= 0.3 is 6.09 Å². The van der Waals surface area contributed by atoms with Crippen LogP contribution in [0.15, 0.2) is 54.6 Å². The van der Waals surface area contributed by atoms with E-state index in [4.69, 9.17) is 4.74 Å². The number of hydrogen-bond donors (Lipinski definition) is 2. The first-order valence-corrected chi connectivity index (χ1v) is 6.63. The summed E-state index contributed by atoms with van der Waals surface area (Å²) in [5.41, 5.74) is 2.20. The molecule has 2 amide bonds. The summed E-state index contributed by atoms with van der Waals surface area (Å²) >= 11 is 0. The van der Waals surface area contributed by atoms with Gasteiger partial charge in [0.1, 0.15) is 6.10 Å². The summed E-state index contributed by atoms with van der Waals surface area (Å²) in [6.45, 7) is 0.467. The Morgan fingerprint density at radius 3 is 2.43 bits per heavy atom. The van der Waals surface area contributed by atoms with Crippen LogP contribution in [-0.4, -0.2) is 18.5 Å². The highest BCUT2D eigenvalue weighted by Gasteiger charge is 2.23. The van der Waals surface area contributed by atoms with Crippen LogP contribution >= 0.6 is 0 Å². The molecular weight excluding hydrogens is 268 g/mol. The molecule has 0 radical (unpaired) electrons. The van der Waals surface area contributed by atoms with Crippen molar-refractivity contribution in [1.29, 1.82) is 0 Å². The van der Waals surface area contributed by atoms with Crippen molar-refractivity contribution >= 4 is 17.7 Å². The average molecular weight is 282 g/mol. The van der Waals surface area contributed by atoms with Crippen molar-refractivity contribution in [3.8, 4) is 0 Å². The highest BCUT2D eigenvalue weighted by molar-refractivity contribution is 6.04. The molecule has 1 unspecified atom stereocenters. The standard InChI is InChI=1S/C16H14N2O3/c19-15(12-4-2-1-3-5-12)18-13-8-6-11(7-9-13)14-10-17-16(20)21-14/h1-9,14H,10H2,(H,17,20)(H,18,19). The van der Waals surface area contributed by atoms with Gasteiger partial charge in [0, 0.05) is 11.3 Å². The van der Waals surface area contributed by atoms with E-state index >= 15 is 0 Å². The Kier molecular flexibility index (Phi) is 3.55. The van der Waals surface area contributed by atoms with Crippen molar-refractivity contribution in [2.75, 3.05) is 11.9 Å². The highest BCUT2D eigenvalue weighted by Crippen LogP contribution is 2.22. The lowest BCUT2D eigenvalue weighted by atomic mass is 10.1. The van der Waals surface area contributed by atoms with E-state index in [2.05, 4.69) is 10.6 Å². The van der Waals surface area contributed by atoms with E-state index in [1.807, 2.05) is 30.3 Å². The molecular formula is C16H14N2O3. The second-order valence-corrected chi connectivity index (χ2v) is 4.72. The number of hydrogen-bond acceptors (Lipinski definition) is 3. The molecule has 21 heavy (non-hydrogen) atoms. The Morgan fingerprint density at radius 1 is 1.10 bits per heavy atom. The molecule has 1 saturated heterocycles. The predicted molar refractivity (Wildman–Crippen MR) is 78.1 cm³/mol. The first-order valence-electron chi connectivity index (χ1n) is 6.63. The SMILES string of the molecule is O=C1NCC(c2ccc(NC(=O)c3ccccc3)cc2)O1. The first-order chi connectivity index (χ1) is 10.2. The predicted octanol–water partition coefficient (Wildman–Crippen LogP) is 2.72. The number of cyclic esters (lactones) is 1. The number of nitrogens with one attached hydrogen (secondary N) is 2. The summed E-state index contributed by atoms with van der Waals surface area (Å²) in [7, 11) is 0. The molecule has 2 aromatic rings. The van der Waals surface area contributed by atoms with Crippen LogP contribution in [0.25, 0.3) is 0 Å². The van der Waals surface area contributed by atoms with Gasteiger partial charge in [-0.25, -0.2) is 4.79 Å². The topological polar surface area (TPSA) is 67.4 Å². The molecule has 1 aliphatic heterocycles. The number of ether oxygens (including phenoxy) is 1. The van der Waals surface area contributed by atoms with Gasteiger partial charge in [-0.2, -0.15) is 0 Å². The van der Waals surface area contributed by atoms with Crippen LogP contribution in [-0.2, 0) is 4.74 Å². The molecule has 2 aromatic carbocycles. The van der Waals surface area contributed by atoms with Crippen molar-refractivity contribution in [2.45, 2.75) is 6.10 Å². The molecule has 2 N–H and O–H groups in total. The molecule has 0 spiro atoms. The van der Waals surface area contributed by atoms with Crippen LogP contribution in [0.4, 0.5) is 10.5 Å². The molecule has 1 atom stereocenters. The molecule has 106 valence electrons. The molecule has 0 aromatic heterocycles. The maximum Gasteiger partial charge on any atom is 0.407 e. The summed E-state index contributed by atoms with van der Waals surface area (Å²) in [4.78, 5) is 23.0. The Bertz CT molecular complexity index is 653. The lowest BCUT2D eigenvalue weighted by Gasteiger charge is -2.10. The molecule has 5 nitrogen and oxygen atoms in total. The third-order valence-corrected chi connectivity index (χ3v) is 3.26. The van der Waals surface area contributed by atoms with Crippen LogP contribution in [0, 0.1) is 0 Å². The number of anilines is 1. The minimum absolute atomic E-state index is 0.155. The Balaban J connectivity index is 1.67. The van der Waals surface area contributed by atoms with E-state index in [9.17, 15) is 9.59 Å². The lowest BCUT2D eigenvalue weighted by Crippen LogP contribution is -2.12. The van der Waals surface area contributed by atoms with Crippen LogP contribution in [0.3, 0.4) is 0 Å². The second kappa shape index (κ2) is 5.66. The lowest BCUT2D eigenvalue weighted by molar-refractivity contribution is 0.102. The minimum Gasteiger partial charge on any atom is -0.439 e. The van der Waals surface area contributed by atoms with Crippen molar-refractivity contribution in [3.05, 3.63) is 65.7 Å². The zero-order valence-electron chi connectivity index (χ0n) is 11.2. The molecule has 5 heteroatoms. The summed E-state index contributed by atoms with van der Waals surface area (Å²) in [5, 5.41) is 5.43. The van der Waals surface area contributed by atoms with Crippen LogP contribution in [0.5, 0.6) is 0 Å². The van der Waals surface area contributed by atoms with E-state index in [-0.39, 0.29) is 12.0 Å². The van der Waals surface area contributed by atoms with Crippen LogP contribution in [0.1, 0.15) is 22.0 Å². The summed E-state index contributed by atoms with van der Waals surface area (Å²) < 4.78 is 5.10. The molecule has 0 bridgehead atoms. The van der Waals surface area contributed by atoms with Gasteiger partial charge < -0.3 is 15.4 Å². The maximum atomic E-state index is 12.0. The average Bonchev–Trinajstić information content (AvgIpc) is 2.95. The molecule has 1 fully saturated rings. The fraction of sp³-hybridized carbons (Fsp3) is 0.125. The zero-order valence-corrected chi connectivity index (χ0v) is 11.2. The minimum atomic E-state index is -0.401.